The van der Waals surface area contributed by atoms with Gasteiger partial charge in [0.1, 0.15) is 0 Å². The van der Waals surface area contributed by atoms with Crippen molar-refractivity contribution in [3.05, 3.63) is 29.3 Å². The van der Waals surface area contributed by atoms with Gasteiger partial charge in [0.25, 0.3) is 0 Å². The smallest absolute Gasteiger partial charge is 0.0420 e. The molecular formula is C13H18N2S. The first-order valence-corrected chi connectivity index (χ1v) is 7.12. The molecule has 0 spiro atoms. The van der Waals surface area contributed by atoms with E-state index in [-0.39, 0.29) is 6.04 Å². The minimum Gasteiger partial charge on any atom is -0.381 e. The first-order chi connectivity index (χ1) is 7.77. The highest BCUT2D eigenvalue weighted by atomic mass is 32.2. The third-order valence-electron chi connectivity index (χ3n) is 3.86. The van der Waals surface area contributed by atoms with E-state index in [1.54, 1.807) is 0 Å². The molecule has 3 unspecified atom stereocenters. The quantitative estimate of drug-likeness (QED) is 0.724. The maximum atomic E-state index is 6.42. The van der Waals surface area contributed by atoms with Crippen molar-refractivity contribution < 1.29 is 0 Å². The predicted molar refractivity (Wildman–Crippen MR) is 71.0 cm³/mol. The summed E-state index contributed by atoms with van der Waals surface area (Å²) in [5.41, 5.74) is 10.3. The molecule has 0 amide bonds. The molecule has 1 aromatic carbocycles. The zero-order valence-electron chi connectivity index (χ0n) is 9.57. The van der Waals surface area contributed by atoms with Crippen molar-refractivity contribution in [3.63, 3.8) is 0 Å². The van der Waals surface area contributed by atoms with Gasteiger partial charge in [-0.25, -0.2) is 0 Å². The van der Waals surface area contributed by atoms with Gasteiger partial charge >= 0.3 is 0 Å². The van der Waals surface area contributed by atoms with Gasteiger partial charge < -0.3 is 11.1 Å². The fourth-order valence-electron chi connectivity index (χ4n) is 2.87. The van der Waals surface area contributed by atoms with E-state index in [0.717, 1.165) is 0 Å². The number of nitrogens with two attached hydrogens (primary N) is 1. The highest BCUT2D eigenvalue weighted by Crippen LogP contribution is 2.41. The third kappa shape index (κ3) is 1.54. The van der Waals surface area contributed by atoms with E-state index in [1.807, 2.05) is 11.8 Å². The fraction of sp³-hybridized carbons (Fsp3) is 0.538. The molecule has 0 aromatic heterocycles. The normalized spacial score (nSPS) is 32.5. The van der Waals surface area contributed by atoms with Gasteiger partial charge in [0.15, 0.2) is 0 Å². The van der Waals surface area contributed by atoms with Crippen LogP contribution < -0.4 is 11.1 Å². The van der Waals surface area contributed by atoms with Gasteiger partial charge in [-0.05, 0) is 36.0 Å². The van der Waals surface area contributed by atoms with Crippen molar-refractivity contribution in [1.82, 2.24) is 0 Å². The topological polar surface area (TPSA) is 38.0 Å². The van der Waals surface area contributed by atoms with Crippen molar-refractivity contribution in [2.75, 3.05) is 16.8 Å². The number of fused-ring (bicyclic) bond motifs is 2. The average Bonchev–Trinajstić information content (AvgIpc) is 2.31. The first kappa shape index (κ1) is 10.5. The Morgan fingerprint density at radius 2 is 2.31 bits per heavy atom. The fourth-order valence-corrected chi connectivity index (χ4v) is 4.17. The van der Waals surface area contributed by atoms with Gasteiger partial charge in [0.2, 0.25) is 0 Å². The molecule has 3 N–H and O–H groups in total. The molecule has 1 saturated heterocycles. The van der Waals surface area contributed by atoms with Crippen LogP contribution in [0.2, 0.25) is 0 Å². The lowest BCUT2D eigenvalue weighted by Crippen LogP contribution is -2.45. The second-order valence-corrected chi connectivity index (χ2v) is 5.99. The van der Waals surface area contributed by atoms with E-state index in [9.17, 15) is 0 Å². The molecule has 2 aliphatic heterocycles. The molecule has 1 aromatic rings. The van der Waals surface area contributed by atoms with E-state index in [2.05, 4.69) is 30.4 Å². The summed E-state index contributed by atoms with van der Waals surface area (Å²) in [4.78, 5) is 0. The molecule has 1 fully saturated rings. The predicted octanol–water partition coefficient (Wildman–Crippen LogP) is 2.54. The molecule has 16 heavy (non-hydrogen) atoms. The second-order valence-electron chi connectivity index (χ2n) is 4.84. The van der Waals surface area contributed by atoms with Gasteiger partial charge in [0, 0.05) is 23.7 Å². The summed E-state index contributed by atoms with van der Waals surface area (Å²) in [6, 6.07) is 7.26. The largest absolute Gasteiger partial charge is 0.381 e. The van der Waals surface area contributed by atoms with Crippen LogP contribution in [0.5, 0.6) is 0 Å². The number of thioether (sulfide) groups is 1. The van der Waals surface area contributed by atoms with Crippen LogP contribution in [0.3, 0.4) is 0 Å². The van der Waals surface area contributed by atoms with E-state index >= 15 is 0 Å². The van der Waals surface area contributed by atoms with E-state index in [1.165, 1.54) is 34.7 Å². The van der Waals surface area contributed by atoms with E-state index < -0.39 is 0 Å². The summed E-state index contributed by atoms with van der Waals surface area (Å²) in [7, 11) is 0. The van der Waals surface area contributed by atoms with Gasteiger partial charge in [0.05, 0.1) is 0 Å². The Bertz CT molecular complexity index is 405. The number of para-hydroxylation sites is 1. The monoisotopic (exact) mass is 234 g/mol. The van der Waals surface area contributed by atoms with E-state index in [4.69, 9.17) is 5.73 Å². The Balaban J connectivity index is 2.03. The average molecular weight is 234 g/mol. The standard InChI is InChI=1S/C13H18N2S/c1-8-3-2-4-9-12(14)10-7-16-6-5-11(10)15-13(8)9/h2-4,10-12,15H,5-7,14H2,1H3. The summed E-state index contributed by atoms with van der Waals surface area (Å²) in [6.07, 6.45) is 1.25. The Labute approximate surface area is 101 Å². The van der Waals surface area contributed by atoms with Gasteiger partial charge in [-0.1, -0.05) is 18.2 Å². The van der Waals surface area contributed by atoms with Crippen molar-refractivity contribution >= 4 is 17.4 Å². The van der Waals surface area contributed by atoms with Crippen LogP contribution in [0.1, 0.15) is 23.6 Å². The number of nitrogens with one attached hydrogen (secondary N) is 1. The Hall–Kier alpha value is -0.670. The number of anilines is 1. The van der Waals surface area contributed by atoms with Gasteiger partial charge in [-0.3, -0.25) is 0 Å². The van der Waals surface area contributed by atoms with Gasteiger partial charge in [-0.2, -0.15) is 11.8 Å². The molecule has 3 heteroatoms. The molecule has 3 atom stereocenters. The zero-order valence-corrected chi connectivity index (χ0v) is 10.4. The highest BCUT2D eigenvalue weighted by molar-refractivity contribution is 7.99. The lowest BCUT2D eigenvalue weighted by atomic mass is 9.82. The molecule has 86 valence electrons. The molecule has 2 heterocycles. The van der Waals surface area contributed by atoms with Crippen LogP contribution in [0.4, 0.5) is 5.69 Å². The number of aryl methyl sites for hydroxylation is 1. The summed E-state index contributed by atoms with van der Waals surface area (Å²) in [5, 5.41) is 3.70. The van der Waals surface area contributed by atoms with Crippen molar-refractivity contribution in [1.29, 1.82) is 0 Å². The second kappa shape index (κ2) is 3.97. The van der Waals surface area contributed by atoms with Crippen LogP contribution in [0.25, 0.3) is 0 Å². The third-order valence-corrected chi connectivity index (χ3v) is 5.00. The Morgan fingerprint density at radius 3 is 3.19 bits per heavy atom. The minimum atomic E-state index is 0.217. The number of rotatable bonds is 0. The lowest BCUT2D eigenvalue weighted by Gasteiger charge is -2.42. The van der Waals surface area contributed by atoms with Crippen LogP contribution in [0.15, 0.2) is 18.2 Å². The minimum absolute atomic E-state index is 0.217. The molecule has 3 rings (SSSR count). The molecule has 2 nitrogen and oxygen atoms in total. The van der Waals surface area contributed by atoms with Crippen LogP contribution >= 0.6 is 11.8 Å². The summed E-state index contributed by atoms with van der Waals surface area (Å²) in [5.74, 6) is 3.07. The summed E-state index contributed by atoms with van der Waals surface area (Å²) < 4.78 is 0. The lowest BCUT2D eigenvalue weighted by molar-refractivity contribution is 0.381. The maximum absolute atomic E-state index is 6.42. The zero-order chi connectivity index (χ0) is 11.1. The SMILES string of the molecule is Cc1cccc2c1NC1CCSCC1C2N. The number of hydrogen-bond donors (Lipinski definition) is 2. The molecule has 0 aliphatic carbocycles. The molecule has 2 aliphatic rings. The van der Waals surface area contributed by atoms with Crippen LogP contribution in [-0.4, -0.2) is 17.5 Å². The summed E-state index contributed by atoms with van der Waals surface area (Å²) >= 11 is 2.04. The highest BCUT2D eigenvalue weighted by Gasteiger charge is 2.36. The molecular weight excluding hydrogens is 216 g/mol. The van der Waals surface area contributed by atoms with Crippen molar-refractivity contribution in [2.24, 2.45) is 11.7 Å². The number of benzene rings is 1. The Kier molecular flexibility index (Phi) is 2.60. The van der Waals surface area contributed by atoms with Crippen LogP contribution in [-0.2, 0) is 0 Å². The number of hydrogen-bond acceptors (Lipinski definition) is 3. The molecule has 0 radical (unpaired) electrons. The van der Waals surface area contributed by atoms with E-state index in [0.29, 0.717) is 12.0 Å². The van der Waals surface area contributed by atoms with Crippen molar-refractivity contribution in [3.8, 4) is 0 Å². The molecule has 0 saturated carbocycles. The van der Waals surface area contributed by atoms with Gasteiger partial charge in [-0.15, -0.1) is 0 Å². The van der Waals surface area contributed by atoms with Crippen LogP contribution in [0, 0.1) is 12.8 Å². The molecule has 0 bridgehead atoms. The Morgan fingerprint density at radius 1 is 1.44 bits per heavy atom. The van der Waals surface area contributed by atoms with Crippen molar-refractivity contribution in [2.45, 2.75) is 25.4 Å². The first-order valence-electron chi connectivity index (χ1n) is 5.97. The summed E-state index contributed by atoms with van der Waals surface area (Å²) in [6.45, 7) is 2.16. The maximum Gasteiger partial charge on any atom is 0.0420 e.